The van der Waals surface area contributed by atoms with Gasteiger partial charge in [-0.1, -0.05) is 6.07 Å². The Morgan fingerprint density at radius 2 is 1.74 bits per heavy atom. The first kappa shape index (κ1) is 35.3. The van der Waals surface area contributed by atoms with Crippen LogP contribution in [0.2, 0.25) is 0 Å². The van der Waals surface area contributed by atoms with E-state index in [-0.39, 0.29) is 41.6 Å². The van der Waals surface area contributed by atoms with E-state index >= 15 is 0 Å². The Kier molecular flexibility index (Phi) is 10.4. The number of aromatic nitrogens is 4. The van der Waals surface area contributed by atoms with Gasteiger partial charge in [-0.25, -0.2) is 18.4 Å². The van der Waals surface area contributed by atoms with Gasteiger partial charge in [-0.3, -0.25) is 4.79 Å². The van der Waals surface area contributed by atoms with Crippen molar-refractivity contribution < 1.29 is 23.0 Å². The second-order valence-electron chi connectivity index (χ2n) is 13.3. The van der Waals surface area contributed by atoms with Crippen LogP contribution in [0.4, 0.5) is 14.6 Å². The molecule has 3 aromatic heterocycles. The molecular formula is C37H42ClF2N7O3. The lowest BCUT2D eigenvalue weighted by atomic mass is 9.89. The number of rotatable bonds is 9. The SMILES string of the molecule is Cc1cc(Oc2c(F)cccc2F)ncc1-n1ncc(C(=O)c2cc3cc(OC4CCN(C(C)C)CC4)c(C4CCNCC4)cc3[nH]2)c1N.Cl. The van der Waals surface area contributed by atoms with Crippen LogP contribution < -0.4 is 20.5 Å². The minimum atomic E-state index is -0.839. The number of nitrogens with one attached hydrogen (secondary N) is 2. The number of ketones is 1. The largest absolute Gasteiger partial charge is 0.490 e. The van der Waals surface area contributed by atoms with Crippen molar-refractivity contribution in [1.82, 2.24) is 30.0 Å². The van der Waals surface area contributed by atoms with Crippen molar-refractivity contribution in [1.29, 1.82) is 0 Å². The number of fused-ring (bicyclic) bond motifs is 1. The van der Waals surface area contributed by atoms with E-state index in [4.69, 9.17) is 15.2 Å². The normalized spacial score (nSPS) is 16.1. The molecule has 0 saturated carbocycles. The average Bonchev–Trinajstić information content (AvgIpc) is 3.69. The van der Waals surface area contributed by atoms with Gasteiger partial charge in [-0.2, -0.15) is 5.10 Å². The quantitative estimate of drug-likeness (QED) is 0.139. The highest BCUT2D eigenvalue weighted by molar-refractivity contribution is 6.12. The lowest BCUT2D eigenvalue weighted by Crippen LogP contribution is -2.41. The first-order chi connectivity index (χ1) is 23.7. The molecule has 7 rings (SSSR count). The van der Waals surface area contributed by atoms with Crippen molar-refractivity contribution in [2.75, 3.05) is 31.9 Å². The molecule has 4 N–H and O–H groups in total. The Balaban J connectivity index is 0.00000432. The summed E-state index contributed by atoms with van der Waals surface area (Å²) in [6.45, 7) is 10.2. The molecule has 2 aromatic carbocycles. The Bertz CT molecular complexity index is 1980. The van der Waals surface area contributed by atoms with Gasteiger partial charge in [-0.15, -0.1) is 12.4 Å². The summed E-state index contributed by atoms with van der Waals surface area (Å²) >= 11 is 0. The molecule has 5 aromatic rings. The summed E-state index contributed by atoms with van der Waals surface area (Å²) in [5, 5.41) is 8.74. The monoisotopic (exact) mass is 705 g/mol. The molecule has 0 bridgehead atoms. The summed E-state index contributed by atoms with van der Waals surface area (Å²) in [6.07, 6.45) is 7.03. The fourth-order valence-electron chi connectivity index (χ4n) is 6.90. The first-order valence-electron chi connectivity index (χ1n) is 16.9. The third-order valence-corrected chi connectivity index (χ3v) is 9.74. The molecular weight excluding hydrogens is 664 g/mol. The number of carbonyl (C=O) groups excluding carboxylic acids is 1. The molecule has 10 nitrogen and oxygen atoms in total. The maximum absolute atomic E-state index is 14.1. The highest BCUT2D eigenvalue weighted by Crippen LogP contribution is 2.38. The second-order valence-corrected chi connectivity index (χ2v) is 13.3. The van der Waals surface area contributed by atoms with Gasteiger partial charge in [0.1, 0.15) is 17.7 Å². The molecule has 5 heterocycles. The predicted molar refractivity (Wildman–Crippen MR) is 191 cm³/mol. The van der Waals surface area contributed by atoms with E-state index in [0.29, 0.717) is 28.9 Å². The van der Waals surface area contributed by atoms with Crippen LogP contribution in [0.5, 0.6) is 17.4 Å². The zero-order valence-corrected chi connectivity index (χ0v) is 29.2. The zero-order valence-electron chi connectivity index (χ0n) is 28.3. The molecule has 264 valence electrons. The molecule has 0 radical (unpaired) electrons. The van der Waals surface area contributed by atoms with E-state index in [1.165, 1.54) is 34.8 Å². The van der Waals surface area contributed by atoms with Crippen LogP contribution >= 0.6 is 12.4 Å². The minimum Gasteiger partial charge on any atom is -0.490 e. The smallest absolute Gasteiger partial charge is 0.219 e. The number of nitrogen functional groups attached to an aromatic ring is 1. The van der Waals surface area contributed by atoms with E-state index in [0.717, 1.165) is 80.6 Å². The van der Waals surface area contributed by atoms with Crippen molar-refractivity contribution in [3.05, 3.63) is 88.9 Å². The number of aryl methyl sites for hydroxylation is 1. The zero-order chi connectivity index (χ0) is 34.2. The molecule has 0 unspecified atom stereocenters. The van der Waals surface area contributed by atoms with Crippen LogP contribution in [0, 0.1) is 18.6 Å². The van der Waals surface area contributed by atoms with Gasteiger partial charge < -0.3 is 30.4 Å². The Morgan fingerprint density at radius 3 is 2.42 bits per heavy atom. The summed E-state index contributed by atoms with van der Waals surface area (Å²) < 4.78 is 41.7. The van der Waals surface area contributed by atoms with E-state index in [1.807, 2.05) is 6.07 Å². The number of carbonyl (C=O) groups is 1. The van der Waals surface area contributed by atoms with Gasteiger partial charge in [0, 0.05) is 36.1 Å². The third-order valence-electron chi connectivity index (χ3n) is 9.74. The third kappa shape index (κ3) is 7.05. The molecule has 2 aliphatic rings. The van der Waals surface area contributed by atoms with Gasteiger partial charge in [0.05, 0.1) is 29.3 Å². The summed E-state index contributed by atoms with van der Waals surface area (Å²) in [5.41, 5.74) is 10.3. The Hall–Kier alpha value is -4.52. The van der Waals surface area contributed by atoms with Crippen LogP contribution in [0.3, 0.4) is 0 Å². The van der Waals surface area contributed by atoms with E-state index in [9.17, 15) is 13.6 Å². The highest BCUT2D eigenvalue weighted by Gasteiger charge is 2.27. The number of para-hydroxylation sites is 1. The van der Waals surface area contributed by atoms with E-state index < -0.39 is 17.4 Å². The molecule has 2 fully saturated rings. The number of aromatic amines is 1. The number of halogens is 3. The highest BCUT2D eigenvalue weighted by atomic mass is 35.5. The minimum absolute atomic E-state index is 0. The number of nitrogens with two attached hydrogens (primary N) is 1. The number of pyridine rings is 1. The van der Waals surface area contributed by atoms with Crippen molar-refractivity contribution in [3.8, 4) is 23.1 Å². The van der Waals surface area contributed by atoms with Crippen molar-refractivity contribution in [2.24, 2.45) is 0 Å². The van der Waals surface area contributed by atoms with Crippen molar-refractivity contribution in [3.63, 3.8) is 0 Å². The average molecular weight is 706 g/mol. The summed E-state index contributed by atoms with van der Waals surface area (Å²) in [7, 11) is 0. The number of H-pyrrole nitrogens is 1. The number of benzene rings is 2. The molecule has 2 aliphatic heterocycles. The number of nitrogens with zero attached hydrogens (tertiary/aromatic N) is 4. The second kappa shape index (κ2) is 14.8. The number of ether oxygens (including phenoxy) is 2. The topological polar surface area (TPSA) is 123 Å². The molecule has 0 amide bonds. The molecule has 50 heavy (non-hydrogen) atoms. The summed E-state index contributed by atoms with van der Waals surface area (Å²) in [5.74, 6) is -1.11. The van der Waals surface area contributed by atoms with Gasteiger partial charge in [-0.05, 0) is 107 Å². The molecule has 0 aliphatic carbocycles. The van der Waals surface area contributed by atoms with Gasteiger partial charge in [0.25, 0.3) is 0 Å². The van der Waals surface area contributed by atoms with Crippen LogP contribution in [0.1, 0.15) is 72.6 Å². The Morgan fingerprint density at radius 1 is 1.02 bits per heavy atom. The maximum atomic E-state index is 14.1. The van der Waals surface area contributed by atoms with E-state index in [2.05, 4.69) is 51.3 Å². The van der Waals surface area contributed by atoms with Gasteiger partial charge in [0.15, 0.2) is 11.6 Å². The van der Waals surface area contributed by atoms with Crippen LogP contribution in [-0.4, -0.2) is 68.8 Å². The van der Waals surface area contributed by atoms with Crippen LogP contribution in [0.15, 0.2) is 54.9 Å². The molecule has 13 heteroatoms. The summed E-state index contributed by atoms with van der Waals surface area (Å²) in [4.78, 5) is 23.9. The van der Waals surface area contributed by atoms with Gasteiger partial charge >= 0.3 is 0 Å². The fraction of sp³-hybridized carbons (Fsp3) is 0.378. The maximum Gasteiger partial charge on any atom is 0.219 e. The lowest BCUT2D eigenvalue weighted by molar-refractivity contribution is 0.0833. The predicted octanol–water partition coefficient (Wildman–Crippen LogP) is 7.08. The number of likely N-dealkylation sites (tertiary alicyclic amines) is 1. The first-order valence-corrected chi connectivity index (χ1v) is 16.9. The molecule has 0 spiro atoms. The standard InChI is InChI=1S/C37H41F2N7O3.ClH/c1-21(2)45-13-9-25(10-14-45)48-33-17-24-16-31(44-30(24)18-26(33)23-7-11-41-12-8-23)35(47)27-19-43-46(37(27)40)32-20-42-34(15-22(32)3)49-36-28(38)5-4-6-29(36)39;/h4-6,15-21,23,25,41,44H,7-14,40H2,1-3H3;1H. The van der Waals surface area contributed by atoms with Crippen molar-refractivity contribution >= 4 is 34.9 Å². The molecule has 2 saturated heterocycles. The molecule has 0 atom stereocenters. The van der Waals surface area contributed by atoms with Crippen LogP contribution in [0.25, 0.3) is 16.6 Å². The van der Waals surface area contributed by atoms with Crippen molar-refractivity contribution in [2.45, 2.75) is 64.5 Å². The number of anilines is 1. The number of piperidine rings is 2. The van der Waals surface area contributed by atoms with Crippen LogP contribution in [-0.2, 0) is 0 Å². The number of hydrogen-bond donors (Lipinski definition) is 3. The van der Waals surface area contributed by atoms with Gasteiger partial charge in [0.2, 0.25) is 17.4 Å². The van der Waals surface area contributed by atoms with E-state index in [1.54, 1.807) is 6.92 Å². The Labute approximate surface area is 295 Å². The fourth-order valence-corrected chi connectivity index (χ4v) is 6.90. The summed E-state index contributed by atoms with van der Waals surface area (Å²) in [6, 6.07) is 11.6. The lowest BCUT2D eigenvalue weighted by Gasteiger charge is -2.35. The number of hydrogen-bond acceptors (Lipinski definition) is 8.